The summed E-state index contributed by atoms with van der Waals surface area (Å²) in [6.07, 6.45) is 26.1. The van der Waals surface area contributed by atoms with E-state index in [2.05, 4.69) is 150 Å². The van der Waals surface area contributed by atoms with Crippen LogP contribution in [0.15, 0.2) is 178 Å². The van der Waals surface area contributed by atoms with Crippen LogP contribution in [-0.2, 0) is 0 Å². The molecule has 3 aromatic rings. The Bertz CT molecular complexity index is 1970. The highest BCUT2D eigenvalue weighted by Crippen LogP contribution is 2.50. The van der Waals surface area contributed by atoms with Crippen molar-refractivity contribution in [3.05, 3.63) is 184 Å². The largest absolute Gasteiger partial charge is 0.339 e. The van der Waals surface area contributed by atoms with Crippen LogP contribution in [0.1, 0.15) is 56.9 Å². The molecule has 6 aliphatic rings. The van der Waals surface area contributed by atoms with Crippen LogP contribution < -0.4 is 15.3 Å². The molecular weight excluding hydrogens is 555 g/mol. The Morgan fingerprint density at radius 3 is 2.30 bits per heavy atom. The second-order valence-electron chi connectivity index (χ2n) is 13.5. The first-order chi connectivity index (χ1) is 22.7. The summed E-state index contributed by atoms with van der Waals surface area (Å²) < 4.78 is 0. The van der Waals surface area contributed by atoms with Crippen LogP contribution in [0, 0.1) is 0 Å². The van der Waals surface area contributed by atoms with Crippen molar-refractivity contribution in [2.45, 2.75) is 57.4 Å². The number of anilines is 2. The summed E-state index contributed by atoms with van der Waals surface area (Å²) in [6.45, 7) is 2.61. The zero-order chi connectivity index (χ0) is 30.6. The van der Waals surface area contributed by atoms with E-state index in [4.69, 9.17) is 0 Å². The van der Waals surface area contributed by atoms with Crippen molar-refractivity contribution in [1.82, 2.24) is 0 Å². The molecule has 0 bridgehead atoms. The van der Waals surface area contributed by atoms with Crippen LogP contribution in [0.25, 0.3) is 0 Å². The van der Waals surface area contributed by atoms with E-state index >= 15 is 0 Å². The zero-order valence-corrected chi connectivity index (χ0v) is 26.6. The minimum absolute atomic E-state index is 0.258. The van der Waals surface area contributed by atoms with Gasteiger partial charge < -0.3 is 9.80 Å². The minimum atomic E-state index is 0.258. The fraction of sp³-hybridized carbons (Fsp3) is 0.209. The molecule has 3 heteroatoms. The Morgan fingerprint density at radius 1 is 0.717 bits per heavy atom. The summed E-state index contributed by atoms with van der Waals surface area (Å²) in [5.74, 6) is 0.328. The number of hydrogen-bond acceptors (Lipinski definition) is 2. The van der Waals surface area contributed by atoms with E-state index in [0.29, 0.717) is 5.92 Å². The van der Waals surface area contributed by atoms with Crippen molar-refractivity contribution < 1.29 is 0 Å². The number of allylic oxidation sites excluding steroid dienone is 12. The van der Waals surface area contributed by atoms with Gasteiger partial charge in [0.1, 0.15) is 0 Å². The van der Waals surface area contributed by atoms with E-state index in [1.54, 1.807) is 5.47 Å². The van der Waals surface area contributed by atoms with E-state index < -0.39 is 0 Å². The van der Waals surface area contributed by atoms with Gasteiger partial charge in [-0.2, -0.15) is 0 Å². The van der Waals surface area contributed by atoms with Gasteiger partial charge in [0.15, 0.2) is 0 Å². The van der Waals surface area contributed by atoms with E-state index in [1.165, 1.54) is 61.7 Å². The van der Waals surface area contributed by atoms with Gasteiger partial charge in [0.25, 0.3) is 0 Å². The molecular formula is C43H39BN2. The lowest BCUT2D eigenvalue weighted by atomic mass is 9.30. The van der Waals surface area contributed by atoms with Crippen molar-refractivity contribution >= 4 is 23.6 Å². The van der Waals surface area contributed by atoms with Crippen molar-refractivity contribution in [3.63, 3.8) is 0 Å². The Hall–Kier alpha value is -4.76. The summed E-state index contributed by atoms with van der Waals surface area (Å²) in [6, 6.07) is 31.7. The highest BCUT2D eigenvalue weighted by Gasteiger charge is 2.50. The molecule has 2 unspecified atom stereocenters. The SMILES string of the molecule is CC1=CC2=C3B(C4=CCCC=C4N2c2ccccc2)c2ccccc2N(C2=CC(C4=CCCC=C4)=CC(c4ccccc4)C2)C3C1. The fourth-order valence-electron chi connectivity index (χ4n) is 8.73. The average Bonchev–Trinajstić information content (AvgIpc) is 3.12. The maximum Gasteiger partial charge on any atom is 0.246 e. The van der Waals surface area contributed by atoms with Gasteiger partial charge in [-0.15, -0.1) is 0 Å². The summed E-state index contributed by atoms with van der Waals surface area (Å²) >= 11 is 0. The standard InChI is InChI=1S/C43H39BN2/c1-30-25-41-43-42(26-30)46(36-28-33(31-15-5-2-6-16-31)27-34(29-36)32-17-7-3-8-18-32)40-24-14-12-22-38(40)44(43)37-21-11-13-23-39(37)45(41)35-19-9-4-10-20-35/h2,4-7,9-10,12,14-25,27,29,33,42H,3,8,11,13,26,28H2,1H3. The lowest BCUT2D eigenvalue weighted by Gasteiger charge is -2.52. The molecule has 2 aliphatic heterocycles. The van der Waals surface area contributed by atoms with Gasteiger partial charge in [-0.1, -0.05) is 109 Å². The molecule has 2 nitrogen and oxygen atoms in total. The molecule has 4 aliphatic carbocycles. The highest BCUT2D eigenvalue weighted by atomic mass is 15.2. The molecule has 0 amide bonds. The topological polar surface area (TPSA) is 6.48 Å². The lowest BCUT2D eigenvalue weighted by Crippen LogP contribution is -2.59. The molecule has 0 spiro atoms. The highest BCUT2D eigenvalue weighted by molar-refractivity contribution is 6.89. The maximum atomic E-state index is 2.76. The molecule has 3 aromatic carbocycles. The molecule has 224 valence electrons. The first-order valence-corrected chi connectivity index (χ1v) is 17.1. The van der Waals surface area contributed by atoms with Crippen LogP contribution in [-0.4, -0.2) is 12.8 Å². The summed E-state index contributed by atoms with van der Waals surface area (Å²) in [5, 5.41) is 0. The lowest BCUT2D eigenvalue weighted by molar-refractivity contribution is 0.658. The predicted molar refractivity (Wildman–Crippen MR) is 194 cm³/mol. The van der Waals surface area contributed by atoms with E-state index in [9.17, 15) is 0 Å². The maximum absolute atomic E-state index is 2.76. The molecule has 0 aromatic heterocycles. The Balaban J connectivity index is 1.26. The van der Waals surface area contributed by atoms with E-state index in [1.807, 2.05) is 0 Å². The zero-order valence-electron chi connectivity index (χ0n) is 26.6. The summed E-state index contributed by atoms with van der Waals surface area (Å²) in [4.78, 5) is 5.33. The van der Waals surface area contributed by atoms with Gasteiger partial charge in [0.05, 0.1) is 6.04 Å². The third-order valence-corrected chi connectivity index (χ3v) is 10.7. The van der Waals surface area contributed by atoms with Crippen LogP contribution >= 0.6 is 0 Å². The van der Waals surface area contributed by atoms with E-state index in [-0.39, 0.29) is 12.8 Å². The minimum Gasteiger partial charge on any atom is -0.339 e. The third-order valence-electron chi connectivity index (χ3n) is 10.7. The van der Waals surface area contributed by atoms with Gasteiger partial charge in [-0.3, -0.25) is 0 Å². The molecule has 2 heterocycles. The number of rotatable bonds is 4. The Kier molecular flexibility index (Phi) is 6.73. The van der Waals surface area contributed by atoms with Crippen LogP contribution in [0.2, 0.25) is 0 Å². The van der Waals surface area contributed by atoms with Crippen molar-refractivity contribution in [3.8, 4) is 0 Å². The van der Waals surface area contributed by atoms with Crippen LogP contribution in [0.3, 0.4) is 0 Å². The number of benzene rings is 3. The smallest absolute Gasteiger partial charge is 0.246 e. The van der Waals surface area contributed by atoms with Crippen LogP contribution in [0.4, 0.5) is 11.4 Å². The van der Waals surface area contributed by atoms with Gasteiger partial charge in [-0.25, -0.2) is 0 Å². The molecule has 0 N–H and O–H groups in total. The molecule has 0 saturated heterocycles. The van der Waals surface area contributed by atoms with Crippen LogP contribution in [0.5, 0.6) is 0 Å². The van der Waals surface area contributed by atoms with Crippen molar-refractivity contribution in [1.29, 1.82) is 0 Å². The fourth-order valence-corrected chi connectivity index (χ4v) is 8.73. The normalized spacial score (nSPS) is 23.3. The first-order valence-electron chi connectivity index (χ1n) is 17.1. The number of fused-ring (bicyclic) bond motifs is 4. The Labute approximate surface area is 273 Å². The molecule has 9 rings (SSSR count). The molecule has 46 heavy (non-hydrogen) atoms. The van der Waals surface area contributed by atoms with Crippen molar-refractivity contribution in [2.24, 2.45) is 0 Å². The second kappa shape index (κ2) is 11.2. The molecule has 0 fully saturated rings. The summed E-state index contributed by atoms with van der Waals surface area (Å²) in [5.41, 5.74) is 16.8. The van der Waals surface area contributed by atoms with Crippen molar-refractivity contribution in [2.75, 3.05) is 9.80 Å². The molecule has 0 saturated carbocycles. The van der Waals surface area contributed by atoms with E-state index in [0.717, 1.165) is 38.5 Å². The Morgan fingerprint density at radius 2 is 1.48 bits per heavy atom. The molecule has 0 radical (unpaired) electrons. The monoisotopic (exact) mass is 594 g/mol. The third kappa shape index (κ3) is 4.48. The number of para-hydroxylation sites is 2. The predicted octanol–water partition coefficient (Wildman–Crippen LogP) is 9.66. The van der Waals surface area contributed by atoms with Gasteiger partial charge in [-0.05, 0) is 109 Å². The number of nitrogens with zero attached hydrogens (tertiary/aromatic N) is 2. The first kappa shape index (κ1) is 27.5. The quantitative estimate of drug-likeness (QED) is 0.278. The molecule has 2 atom stereocenters. The second-order valence-corrected chi connectivity index (χ2v) is 13.5. The van der Waals surface area contributed by atoms with Gasteiger partial charge in [0.2, 0.25) is 6.71 Å². The van der Waals surface area contributed by atoms with Gasteiger partial charge in [0, 0.05) is 34.4 Å². The number of hydrogen-bond donors (Lipinski definition) is 0. The summed E-state index contributed by atoms with van der Waals surface area (Å²) in [7, 11) is 0. The average molecular weight is 595 g/mol. The van der Waals surface area contributed by atoms with Gasteiger partial charge >= 0.3 is 0 Å².